The Kier molecular flexibility index (Phi) is 4.80. The lowest BCUT2D eigenvalue weighted by atomic mass is 10.2. The smallest absolute Gasteiger partial charge is 0.390 e. The molecule has 1 aromatic heterocycles. The molecule has 2 aromatic rings. The monoisotopic (exact) mass is 331 g/mol. The number of piperazine rings is 1. The van der Waals surface area contributed by atoms with Gasteiger partial charge in [-0.25, -0.2) is 0 Å². The predicted molar refractivity (Wildman–Crippen MR) is 84.1 cm³/mol. The number of hydrogen-bond donors (Lipinski definition) is 1. The van der Waals surface area contributed by atoms with E-state index in [9.17, 15) is 14.9 Å². The molecule has 1 aliphatic heterocycles. The van der Waals surface area contributed by atoms with Crippen LogP contribution in [0.1, 0.15) is 5.56 Å². The molecule has 1 aliphatic rings. The van der Waals surface area contributed by atoms with E-state index in [4.69, 9.17) is 0 Å². The van der Waals surface area contributed by atoms with Crippen LogP contribution in [0.5, 0.6) is 0 Å². The summed E-state index contributed by atoms with van der Waals surface area (Å²) in [5.74, 6) is -0.575. The van der Waals surface area contributed by atoms with Gasteiger partial charge in [0.05, 0.1) is 26.2 Å². The van der Waals surface area contributed by atoms with E-state index < -0.39 is 10.9 Å². The van der Waals surface area contributed by atoms with Crippen LogP contribution in [0.25, 0.3) is 0 Å². The molecule has 3 rings (SSSR count). The number of benzene rings is 1. The van der Waals surface area contributed by atoms with E-state index in [1.165, 1.54) is 21.5 Å². The Morgan fingerprint density at radius 3 is 2.58 bits per heavy atom. The van der Waals surface area contributed by atoms with E-state index in [0.717, 1.165) is 19.6 Å². The zero-order valence-corrected chi connectivity index (χ0v) is 13.2. The summed E-state index contributed by atoms with van der Waals surface area (Å²) in [6.07, 6.45) is 1.22. The predicted octanol–water partition coefficient (Wildman–Crippen LogP) is -0.886. The van der Waals surface area contributed by atoms with Gasteiger partial charge < -0.3 is 19.9 Å². The van der Waals surface area contributed by atoms with Gasteiger partial charge in [0, 0.05) is 10.7 Å². The van der Waals surface area contributed by atoms with Gasteiger partial charge in [-0.1, -0.05) is 35.3 Å². The van der Waals surface area contributed by atoms with E-state index in [-0.39, 0.29) is 12.5 Å². The summed E-state index contributed by atoms with van der Waals surface area (Å²) < 4.78 is 1.21. The Morgan fingerprint density at radius 2 is 1.96 bits per heavy atom. The number of nitrogens with zero attached hydrogens (tertiary/aromatic N) is 5. The Labute approximate surface area is 138 Å². The van der Waals surface area contributed by atoms with Crippen LogP contribution in [0.3, 0.4) is 0 Å². The van der Waals surface area contributed by atoms with Crippen LogP contribution in [-0.2, 0) is 17.9 Å². The van der Waals surface area contributed by atoms with Crippen molar-refractivity contribution in [1.82, 2.24) is 19.7 Å². The molecule has 126 valence electrons. The molecule has 1 amide bonds. The normalized spacial score (nSPS) is 15.4. The van der Waals surface area contributed by atoms with Gasteiger partial charge in [0.15, 0.2) is 0 Å². The summed E-state index contributed by atoms with van der Waals surface area (Å²) in [4.78, 5) is 28.9. The average molecular weight is 331 g/mol. The number of rotatable bonds is 5. The van der Waals surface area contributed by atoms with Crippen molar-refractivity contribution in [2.75, 3.05) is 26.2 Å². The zero-order chi connectivity index (χ0) is 16.9. The first-order valence-electron chi connectivity index (χ1n) is 7.81. The Balaban J connectivity index is 1.48. The molecule has 2 heterocycles. The molecule has 1 aromatic carbocycles. The number of nitrogens with one attached hydrogen (secondary N) is 1. The number of carbonyl (C=O) groups is 1. The number of nitro groups is 1. The SMILES string of the molecule is O=C(Cn1cnc([N+](=O)[O-])n1)N1CC[NH+](Cc2ccccc2)CC1. The number of carbonyl (C=O) groups excluding carboxylic acids is 1. The highest BCUT2D eigenvalue weighted by atomic mass is 16.6. The fourth-order valence-corrected chi connectivity index (χ4v) is 2.82. The number of quaternary nitrogens is 1. The van der Waals surface area contributed by atoms with Crippen LogP contribution >= 0.6 is 0 Å². The second kappa shape index (κ2) is 7.18. The molecule has 0 aliphatic carbocycles. The quantitative estimate of drug-likeness (QED) is 0.566. The lowest BCUT2D eigenvalue weighted by Crippen LogP contribution is -3.13. The molecular formula is C15H19N6O3+. The Morgan fingerprint density at radius 1 is 1.25 bits per heavy atom. The van der Waals surface area contributed by atoms with E-state index >= 15 is 0 Å². The van der Waals surface area contributed by atoms with Crippen LogP contribution in [0.15, 0.2) is 36.7 Å². The molecule has 0 saturated carbocycles. The molecule has 0 spiro atoms. The maximum Gasteiger partial charge on any atom is 0.490 e. The molecule has 9 nitrogen and oxygen atoms in total. The first-order valence-corrected chi connectivity index (χ1v) is 7.81. The summed E-state index contributed by atoms with van der Waals surface area (Å²) in [7, 11) is 0. The van der Waals surface area contributed by atoms with Crippen molar-refractivity contribution < 1.29 is 14.6 Å². The summed E-state index contributed by atoms with van der Waals surface area (Å²) in [6, 6.07) is 10.3. The Hall–Kier alpha value is -2.81. The molecule has 24 heavy (non-hydrogen) atoms. The standard InChI is InChI=1S/C15H18N6O3/c22-14(11-20-12-16-15(17-20)21(23)24)19-8-6-18(7-9-19)10-13-4-2-1-3-5-13/h1-5,12H,6-11H2/p+1. The lowest BCUT2D eigenvalue weighted by Gasteiger charge is -2.32. The number of amides is 1. The van der Waals surface area contributed by atoms with E-state index in [1.54, 1.807) is 4.90 Å². The minimum absolute atomic E-state index is 0.0190. The van der Waals surface area contributed by atoms with Crippen molar-refractivity contribution in [1.29, 1.82) is 0 Å². The van der Waals surface area contributed by atoms with Crippen molar-refractivity contribution in [3.63, 3.8) is 0 Å². The molecular weight excluding hydrogens is 312 g/mol. The van der Waals surface area contributed by atoms with Crippen molar-refractivity contribution in [3.8, 4) is 0 Å². The van der Waals surface area contributed by atoms with Gasteiger partial charge >= 0.3 is 5.95 Å². The fourth-order valence-electron chi connectivity index (χ4n) is 2.82. The molecule has 9 heteroatoms. The largest absolute Gasteiger partial charge is 0.490 e. The zero-order valence-electron chi connectivity index (χ0n) is 13.2. The first-order chi connectivity index (χ1) is 11.6. The maximum absolute atomic E-state index is 12.3. The van der Waals surface area contributed by atoms with Crippen LogP contribution < -0.4 is 4.90 Å². The van der Waals surface area contributed by atoms with Gasteiger partial charge in [-0.15, -0.1) is 0 Å². The second-order valence-electron chi connectivity index (χ2n) is 5.79. The van der Waals surface area contributed by atoms with Crippen LogP contribution in [0.4, 0.5) is 5.95 Å². The Bertz CT molecular complexity index is 709. The third-order valence-corrected chi connectivity index (χ3v) is 4.11. The highest BCUT2D eigenvalue weighted by molar-refractivity contribution is 5.75. The average Bonchev–Trinajstić information content (AvgIpc) is 3.05. The number of aromatic nitrogens is 3. The summed E-state index contributed by atoms with van der Waals surface area (Å²) in [6.45, 7) is 4.07. The molecule has 1 fully saturated rings. The third-order valence-electron chi connectivity index (χ3n) is 4.11. The van der Waals surface area contributed by atoms with Crippen molar-refractivity contribution >= 4 is 11.9 Å². The lowest BCUT2D eigenvalue weighted by molar-refractivity contribution is -0.917. The molecule has 0 unspecified atom stereocenters. The number of hydrogen-bond acceptors (Lipinski definition) is 5. The molecule has 1 saturated heterocycles. The van der Waals surface area contributed by atoms with E-state index in [1.807, 2.05) is 18.2 Å². The molecule has 1 N–H and O–H groups in total. The minimum atomic E-state index is -0.674. The third kappa shape index (κ3) is 3.93. The van der Waals surface area contributed by atoms with Crippen molar-refractivity contribution in [2.24, 2.45) is 0 Å². The topological polar surface area (TPSA) is 98.6 Å². The molecule has 0 atom stereocenters. The van der Waals surface area contributed by atoms with Gasteiger partial charge in [0.25, 0.3) is 0 Å². The minimum Gasteiger partial charge on any atom is -0.390 e. The molecule has 0 bridgehead atoms. The van der Waals surface area contributed by atoms with E-state index in [0.29, 0.717) is 13.1 Å². The van der Waals surface area contributed by atoms with Crippen LogP contribution in [0, 0.1) is 10.1 Å². The van der Waals surface area contributed by atoms with Gasteiger partial charge in [-0.05, 0) is 4.92 Å². The van der Waals surface area contributed by atoms with Crippen molar-refractivity contribution in [3.05, 3.63) is 52.3 Å². The maximum atomic E-state index is 12.3. The fraction of sp³-hybridized carbons (Fsp3) is 0.400. The molecule has 0 radical (unpaired) electrons. The highest BCUT2D eigenvalue weighted by Gasteiger charge is 2.25. The van der Waals surface area contributed by atoms with Gasteiger partial charge in [-0.2, -0.15) is 4.68 Å². The summed E-state index contributed by atoms with van der Waals surface area (Å²) in [5.41, 5.74) is 1.29. The van der Waals surface area contributed by atoms with Gasteiger partial charge in [0.2, 0.25) is 12.2 Å². The summed E-state index contributed by atoms with van der Waals surface area (Å²) in [5, 5.41) is 14.2. The van der Waals surface area contributed by atoms with E-state index in [2.05, 4.69) is 22.2 Å². The van der Waals surface area contributed by atoms with Crippen molar-refractivity contribution in [2.45, 2.75) is 13.1 Å². The van der Waals surface area contributed by atoms with Crippen LogP contribution in [0.2, 0.25) is 0 Å². The first kappa shape index (κ1) is 16.1. The van der Waals surface area contributed by atoms with Crippen LogP contribution in [-0.4, -0.2) is 56.7 Å². The summed E-state index contributed by atoms with van der Waals surface area (Å²) >= 11 is 0. The second-order valence-corrected chi connectivity index (χ2v) is 5.79. The van der Waals surface area contributed by atoms with Gasteiger partial charge in [0.1, 0.15) is 13.1 Å². The highest BCUT2D eigenvalue weighted by Crippen LogP contribution is 2.02. The van der Waals surface area contributed by atoms with Gasteiger partial charge in [-0.3, -0.25) is 4.79 Å².